The van der Waals surface area contributed by atoms with Crippen LogP contribution in [0.5, 0.6) is 11.5 Å². The summed E-state index contributed by atoms with van der Waals surface area (Å²) in [5.41, 5.74) is 7.77. The highest BCUT2D eigenvalue weighted by Gasteiger charge is 2.12. The van der Waals surface area contributed by atoms with Crippen molar-refractivity contribution in [3.8, 4) is 11.5 Å². The average Bonchev–Trinajstić information content (AvgIpc) is 2.59. The van der Waals surface area contributed by atoms with Gasteiger partial charge >= 0.3 is 6.61 Å². The second kappa shape index (κ2) is 8.86. The fourth-order valence-corrected chi connectivity index (χ4v) is 2.32. The number of alkyl halides is 2. The Hall–Kier alpha value is -2.83. The summed E-state index contributed by atoms with van der Waals surface area (Å²) in [5.74, 6) is 0.278. The van der Waals surface area contributed by atoms with E-state index in [0.29, 0.717) is 23.4 Å². The van der Waals surface area contributed by atoms with Crippen LogP contribution in [0.15, 0.2) is 42.5 Å². The van der Waals surface area contributed by atoms with Gasteiger partial charge in [0, 0.05) is 24.2 Å². The van der Waals surface area contributed by atoms with E-state index in [0.717, 1.165) is 5.56 Å². The highest BCUT2D eigenvalue weighted by atomic mass is 19.3. The number of nitrogens with one attached hydrogen (secondary N) is 1. The Bertz CT molecular complexity index is 723. The number of nitrogen functional groups attached to an aromatic ring is 1. The van der Waals surface area contributed by atoms with E-state index >= 15 is 0 Å². The minimum absolute atomic E-state index is 0.00315. The first-order valence-electron chi connectivity index (χ1n) is 7.71. The molecule has 0 radical (unpaired) electrons. The molecule has 3 N–H and O–H groups in total. The van der Waals surface area contributed by atoms with Crippen LogP contribution in [0, 0.1) is 0 Å². The Labute approximate surface area is 144 Å². The van der Waals surface area contributed by atoms with E-state index in [2.05, 4.69) is 10.1 Å². The molecule has 7 heteroatoms. The molecule has 0 fully saturated rings. The van der Waals surface area contributed by atoms with Crippen molar-refractivity contribution in [2.24, 2.45) is 0 Å². The van der Waals surface area contributed by atoms with Crippen LogP contribution < -0.4 is 20.5 Å². The molecular formula is C18H20F2N2O3. The Morgan fingerprint density at radius 1 is 1.20 bits per heavy atom. The van der Waals surface area contributed by atoms with E-state index < -0.39 is 6.61 Å². The van der Waals surface area contributed by atoms with Crippen LogP contribution in [0.25, 0.3) is 0 Å². The number of rotatable bonds is 8. The summed E-state index contributed by atoms with van der Waals surface area (Å²) in [6, 6.07) is 11.8. The van der Waals surface area contributed by atoms with Crippen LogP contribution in [0.3, 0.4) is 0 Å². The number of amides is 1. The molecule has 0 aromatic heterocycles. The number of carbonyl (C=O) groups excluding carboxylic acids is 1. The number of para-hydroxylation sites is 1. The maximum Gasteiger partial charge on any atom is 0.387 e. The Balaban J connectivity index is 1.95. The Morgan fingerprint density at radius 3 is 2.64 bits per heavy atom. The molecular weight excluding hydrogens is 330 g/mol. The van der Waals surface area contributed by atoms with E-state index in [1.165, 1.54) is 19.2 Å². The van der Waals surface area contributed by atoms with Crippen LogP contribution in [-0.2, 0) is 17.8 Å². The highest BCUT2D eigenvalue weighted by molar-refractivity contribution is 5.76. The van der Waals surface area contributed by atoms with Crippen molar-refractivity contribution in [3.05, 3.63) is 53.6 Å². The molecule has 0 bridgehead atoms. The Morgan fingerprint density at radius 2 is 1.96 bits per heavy atom. The summed E-state index contributed by atoms with van der Waals surface area (Å²) in [6.07, 6.45) is 0.736. The molecule has 0 aliphatic rings. The van der Waals surface area contributed by atoms with Gasteiger partial charge in [0.25, 0.3) is 0 Å². The number of anilines is 1. The van der Waals surface area contributed by atoms with Gasteiger partial charge in [-0.2, -0.15) is 8.78 Å². The van der Waals surface area contributed by atoms with E-state index in [4.69, 9.17) is 10.5 Å². The smallest absolute Gasteiger partial charge is 0.387 e. The molecule has 0 saturated carbocycles. The number of methoxy groups -OCH3 is 1. The normalized spacial score (nSPS) is 10.6. The third-order valence-electron chi connectivity index (χ3n) is 3.64. The van der Waals surface area contributed by atoms with E-state index in [9.17, 15) is 13.6 Å². The minimum atomic E-state index is -2.94. The summed E-state index contributed by atoms with van der Waals surface area (Å²) >= 11 is 0. The largest absolute Gasteiger partial charge is 0.497 e. The van der Waals surface area contributed by atoms with Crippen molar-refractivity contribution in [2.75, 3.05) is 12.8 Å². The van der Waals surface area contributed by atoms with Crippen LogP contribution in [-0.4, -0.2) is 19.6 Å². The maximum atomic E-state index is 12.5. The van der Waals surface area contributed by atoms with E-state index in [-0.39, 0.29) is 24.6 Å². The maximum absolute atomic E-state index is 12.5. The predicted octanol–water partition coefficient (Wildman–Crippen LogP) is 3.13. The number of hydrogen-bond donors (Lipinski definition) is 2. The van der Waals surface area contributed by atoms with Gasteiger partial charge < -0.3 is 20.5 Å². The summed E-state index contributed by atoms with van der Waals surface area (Å²) in [4.78, 5) is 12.0. The highest BCUT2D eigenvalue weighted by Crippen LogP contribution is 2.25. The molecule has 0 heterocycles. The molecule has 0 aliphatic carbocycles. The molecule has 2 aromatic carbocycles. The summed E-state index contributed by atoms with van der Waals surface area (Å²) in [5, 5.41) is 2.69. The van der Waals surface area contributed by atoms with Crippen molar-refractivity contribution < 1.29 is 23.0 Å². The number of benzene rings is 2. The number of halogens is 2. The van der Waals surface area contributed by atoms with Gasteiger partial charge in [-0.15, -0.1) is 0 Å². The zero-order valence-electron chi connectivity index (χ0n) is 13.8. The first kappa shape index (κ1) is 18.5. The first-order valence-corrected chi connectivity index (χ1v) is 7.71. The SMILES string of the molecule is COc1ccc(OC(F)F)c(CNC(=O)CCc2ccccc2N)c1. The molecule has 1 amide bonds. The van der Waals surface area contributed by atoms with Gasteiger partial charge in [-0.3, -0.25) is 4.79 Å². The number of ether oxygens (including phenoxy) is 2. The van der Waals surface area contributed by atoms with Gasteiger partial charge in [0.15, 0.2) is 0 Å². The van der Waals surface area contributed by atoms with Crippen molar-refractivity contribution in [1.29, 1.82) is 0 Å². The molecule has 0 aliphatic heterocycles. The third kappa shape index (κ3) is 5.63. The van der Waals surface area contributed by atoms with Gasteiger partial charge in [-0.25, -0.2) is 0 Å². The van der Waals surface area contributed by atoms with Crippen molar-refractivity contribution in [1.82, 2.24) is 5.32 Å². The molecule has 0 unspecified atom stereocenters. The third-order valence-corrected chi connectivity index (χ3v) is 3.64. The minimum Gasteiger partial charge on any atom is -0.497 e. The second-order valence-electron chi connectivity index (χ2n) is 5.33. The molecule has 2 rings (SSSR count). The van der Waals surface area contributed by atoms with E-state index in [1.807, 2.05) is 18.2 Å². The molecule has 5 nitrogen and oxygen atoms in total. The quantitative estimate of drug-likeness (QED) is 0.718. The lowest BCUT2D eigenvalue weighted by Gasteiger charge is -2.13. The monoisotopic (exact) mass is 350 g/mol. The summed E-state index contributed by atoms with van der Waals surface area (Å²) in [7, 11) is 1.47. The van der Waals surface area contributed by atoms with Crippen LogP contribution >= 0.6 is 0 Å². The summed E-state index contributed by atoms with van der Waals surface area (Å²) in [6.45, 7) is -2.88. The molecule has 134 valence electrons. The molecule has 0 spiro atoms. The van der Waals surface area contributed by atoms with Gasteiger partial charge in [0.1, 0.15) is 11.5 Å². The fraction of sp³-hybridized carbons (Fsp3) is 0.278. The zero-order chi connectivity index (χ0) is 18.2. The van der Waals surface area contributed by atoms with Gasteiger partial charge in [-0.1, -0.05) is 18.2 Å². The number of hydrogen-bond acceptors (Lipinski definition) is 4. The van der Waals surface area contributed by atoms with E-state index in [1.54, 1.807) is 12.1 Å². The average molecular weight is 350 g/mol. The number of aryl methyl sites for hydroxylation is 1. The first-order chi connectivity index (χ1) is 12.0. The Kier molecular flexibility index (Phi) is 6.56. The predicted molar refractivity (Wildman–Crippen MR) is 90.6 cm³/mol. The molecule has 25 heavy (non-hydrogen) atoms. The topological polar surface area (TPSA) is 73.6 Å². The van der Waals surface area contributed by atoms with Crippen LogP contribution in [0.2, 0.25) is 0 Å². The van der Waals surface area contributed by atoms with Gasteiger partial charge in [0.05, 0.1) is 7.11 Å². The fourth-order valence-electron chi connectivity index (χ4n) is 2.32. The molecule has 0 saturated heterocycles. The van der Waals surface area contributed by atoms with Crippen molar-refractivity contribution in [2.45, 2.75) is 26.0 Å². The molecule has 0 atom stereocenters. The van der Waals surface area contributed by atoms with Gasteiger partial charge in [0.2, 0.25) is 5.91 Å². The standard InChI is InChI=1S/C18H20F2N2O3/c1-24-14-7-8-16(25-18(19)20)13(10-14)11-22-17(23)9-6-12-4-2-3-5-15(12)21/h2-5,7-8,10,18H,6,9,11,21H2,1H3,(H,22,23). The second-order valence-corrected chi connectivity index (χ2v) is 5.33. The van der Waals surface area contributed by atoms with Crippen molar-refractivity contribution >= 4 is 11.6 Å². The number of nitrogens with two attached hydrogens (primary N) is 1. The lowest BCUT2D eigenvalue weighted by atomic mass is 10.1. The van der Waals surface area contributed by atoms with Crippen LogP contribution in [0.4, 0.5) is 14.5 Å². The lowest BCUT2D eigenvalue weighted by molar-refractivity contribution is -0.121. The van der Waals surface area contributed by atoms with Crippen molar-refractivity contribution in [3.63, 3.8) is 0 Å². The summed E-state index contributed by atoms with van der Waals surface area (Å²) < 4.78 is 34.5. The van der Waals surface area contributed by atoms with Gasteiger partial charge in [-0.05, 0) is 36.2 Å². The number of carbonyl (C=O) groups is 1. The lowest BCUT2D eigenvalue weighted by Crippen LogP contribution is -2.23. The molecule has 2 aromatic rings. The zero-order valence-corrected chi connectivity index (χ0v) is 13.8. The van der Waals surface area contributed by atoms with Crippen LogP contribution in [0.1, 0.15) is 17.5 Å².